The second-order valence-electron chi connectivity index (χ2n) is 3.56. The molecule has 0 aromatic heterocycles. The number of hydrogen-bond donors (Lipinski definition) is 0. The maximum absolute atomic E-state index is 13.5. The minimum absolute atomic E-state index is 0.248. The molecule has 0 fully saturated rings. The Morgan fingerprint density at radius 2 is 1.53 bits per heavy atom. The molecule has 0 heterocycles. The van der Waals surface area contributed by atoms with Crippen LogP contribution in [0.25, 0.3) is 0 Å². The lowest BCUT2D eigenvalue weighted by molar-refractivity contribution is 0.384. The number of nitrogens with zero attached hydrogens (tertiary/aromatic N) is 1. The maximum atomic E-state index is 13.5. The third-order valence-electron chi connectivity index (χ3n) is 2.23. The van der Waals surface area contributed by atoms with Crippen molar-refractivity contribution < 1.29 is 22.3 Å². The average Bonchev–Trinajstić information content (AvgIpc) is 2.37. The van der Waals surface area contributed by atoms with Crippen molar-refractivity contribution in [2.24, 2.45) is 0 Å². The molecule has 0 N–H and O–H groups in total. The highest BCUT2D eigenvalue weighted by Gasteiger charge is 2.16. The fourth-order valence-electron chi connectivity index (χ4n) is 1.39. The molecule has 0 aliphatic heterocycles. The quantitative estimate of drug-likeness (QED) is 0.773. The van der Waals surface area contributed by atoms with Gasteiger partial charge in [-0.15, -0.1) is 0 Å². The Morgan fingerprint density at radius 3 is 2.11 bits per heavy atom. The van der Waals surface area contributed by atoms with Gasteiger partial charge in [-0.2, -0.15) is 5.26 Å². The molecule has 0 saturated heterocycles. The predicted molar refractivity (Wildman–Crippen MR) is 57.5 cm³/mol. The number of halogens is 4. The summed E-state index contributed by atoms with van der Waals surface area (Å²) >= 11 is 0. The Morgan fingerprint density at radius 1 is 0.895 bits per heavy atom. The third-order valence-corrected chi connectivity index (χ3v) is 2.23. The summed E-state index contributed by atoms with van der Waals surface area (Å²) in [6.07, 6.45) is 0. The fraction of sp³-hybridized carbons (Fsp3) is 0. The second kappa shape index (κ2) is 4.98. The monoisotopic (exact) mass is 267 g/mol. The Hall–Kier alpha value is -2.55. The van der Waals surface area contributed by atoms with E-state index in [1.54, 1.807) is 6.07 Å². The zero-order valence-corrected chi connectivity index (χ0v) is 9.25. The smallest absolute Gasteiger partial charge is 0.198 e. The van der Waals surface area contributed by atoms with Crippen LogP contribution in [-0.2, 0) is 0 Å². The first-order valence-electron chi connectivity index (χ1n) is 5.03. The van der Waals surface area contributed by atoms with Gasteiger partial charge in [0, 0.05) is 6.07 Å². The summed E-state index contributed by atoms with van der Waals surface area (Å²) in [6.45, 7) is 0. The van der Waals surface area contributed by atoms with Crippen LogP contribution in [0.4, 0.5) is 17.6 Å². The predicted octanol–water partition coefficient (Wildman–Crippen LogP) is 3.91. The zero-order chi connectivity index (χ0) is 14.0. The molecular weight excluding hydrogens is 262 g/mol. The van der Waals surface area contributed by atoms with E-state index in [2.05, 4.69) is 4.74 Å². The van der Waals surface area contributed by atoms with E-state index in [9.17, 15) is 17.6 Å². The molecule has 2 rings (SSSR count). The Balaban J connectivity index is 2.44. The molecule has 0 atom stereocenters. The van der Waals surface area contributed by atoms with Crippen molar-refractivity contribution in [2.45, 2.75) is 0 Å². The molecular formula is C13H5F4NO. The molecule has 0 aliphatic rings. The van der Waals surface area contributed by atoms with Gasteiger partial charge in [0.15, 0.2) is 29.0 Å². The number of ether oxygens (including phenoxy) is 1. The molecule has 0 aliphatic carbocycles. The van der Waals surface area contributed by atoms with Gasteiger partial charge in [0.2, 0.25) is 0 Å². The molecule has 2 aromatic carbocycles. The van der Waals surface area contributed by atoms with E-state index in [4.69, 9.17) is 5.26 Å². The van der Waals surface area contributed by atoms with Crippen LogP contribution < -0.4 is 4.74 Å². The molecule has 0 unspecified atom stereocenters. The molecule has 2 aromatic rings. The molecule has 19 heavy (non-hydrogen) atoms. The minimum Gasteiger partial charge on any atom is -0.448 e. The summed E-state index contributed by atoms with van der Waals surface area (Å²) in [5.74, 6) is -5.69. The van der Waals surface area contributed by atoms with Gasteiger partial charge in [-0.25, -0.2) is 17.6 Å². The van der Waals surface area contributed by atoms with Crippen LogP contribution in [0, 0.1) is 34.6 Å². The van der Waals surface area contributed by atoms with E-state index in [-0.39, 0.29) is 5.56 Å². The van der Waals surface area contributed by atoms with Crippen LogP contribution >= 0.6 is 0 Å². The minimum atomic E-state index is -1.18. The molecule has 0 radical (unpaired) electrons. The number of benzene rings is 2. The lowest BCUT2D eigenvalue weighted by Crippen LogP contribution is -1.96. The summed E-state index contributed by atoms with van der Waals surface area (Å²) in [5.41, 5.74) is -0.248. The maximum Gasteiger partial charge on any atom is 0.198 e. The van der Waals surface area contributed by atoms with Gasteiger partial charge in [-0.3, -0.25) is 0 Å². The molecule has 96 valence electrons. The third kappa shape index (κ3) is 2.65. The lowest BCUT2D eigenvalue weighted by Gasteiger charge is -2.09. The van der Waals surface area contributed by atoms with Crippen molar-refractivity contribution in [1.29, 1.82) is 5.26 Å². The van der Waals surface area contributed by atoms with Crippen LogP contribution in [0.5, 0.6) is 11.5 Å². The Kier molecular flexibility index (Phi) is 3.38. The standard InChI is InChI=1S/C13H5F4NO/c14-8-1-2-9(15)12(5-8)19-13-10(16)3-7(6-18)4-11(13)17/h1-5H. The van der Waals surface area contributed by atoms with Crippen molar-refractivity contribution >= 4 is 0 Å². The number of rotatable bonds is 2. The van der Waals surface area contributed by atoms with Crippen molar-refractivity contribution in [3.63, 3.8) is 0 Å². The van der Waals surface area contributed by atoms with E-state index in [0.717, 1.165) is 24.3 Å². The molecule has 0 spiro atoms. The molecule has 0 amide bonds. The molecule has 0 bridgehead atoms. The van der Waals surface area contributed by atoms with Gasteiger partial charge >= 0.3 is 0 Å². The summed E-state index contributed by atoms with van der Waals surface area (Å²) in [4.78, 5) is 0. The van der Waals surface area contributed by atoms with E-state index >= 15 is 0 Å². The van der Waals surface area contributed by atoms with Gasteiger partial charge in [-0.1, -0.05) is 0 Å². The van der Waals surface area contributed by atoms with Gasteiger partial charge < -0.3 is 4.74 Å². The summed E-state index contributed by atoms with van der Waals surface area (Å²) in [7, 11) is 0. The Labute approximate surface area is 105 Å². The lowest BCUT2D eigenvalue weighted by atomic mass is 10.2. The highest BCUT2D eigenvalue weighted by atomic mass is 19.1. The van der Waals surface area contributed by atoms with Gasteiger partial charge in [0.25, 0.3) is 0 Å². The summed E-state index contributed by atoms with van der Waals surface area (Å²) in [6, 6.07) is 5.28. The fourth-order valence-corrected chi connectivity index (χ4v) is 1.39. The first-order chi connectivity index (χ1) is 9.01. The normalized spacial score (nSPS) is 10.1. The van der Waals surface area contributed by atoms with E-state index < -0.39 is 34.8 Å². The van der Waals surface area contributed by atoms with Crippen molar-refractivity contribution in [3.8, 4) is 17.6 Å². The zero-order valence-electron chi connectivity index (χ0n) is 9.25. The van der Waals surface area contributed by atoms with E-state index in [1.165, 1.54) is 0 Å². The van der Waals surface area contributed by atoms with Crippen LogP contribution in [-0.4, -0.2) is 0 Å². The van der Waals surface area contributed by atoms with Gasteiger partial charge in [-0.05, 0) is 24.3 Å². The highest BCUT2D eigenvalue weighted by molar-refractivity contribution is 5.40. The largest absolute Gasteiger partial charge is 0.448 e. The molecule has 2 nitrogen and oxygen atoms in total. The number of hydrogen-bond acceptors (Lipinski definition) is 2. The van der Waals surface area contributed by atoms with Crippen molar-refractivity contribution in [2.75, 3.05) is 0 Å². The van der Waals surface area contributed by atoms with E-state index in [0.29, 0.717) is 6.07 Å². The summed E-state index contributed by atoms with van der Waals surface area (Å²) in [5, 5.41) is 8.51. The highest BCUT2D eigenvalue weighted by Crippen LogP contribution is 2.30. The van der Waals surface area contributed by atoms with Crippen LogP contribution in [0.15, 0.2) is 30.3 Å². The SMILES string of the molecule is N#Cc1cc(F)c(Oc2cc(F)ccc2F)c(F)c1. The molecule has 0 saturated carbocycles. The van der Waals surface area contributed by atoms with E-state index in [1.807, 2.05) is 0 Å². The van der Waals surface area contributed by atoms with Crippen LogP contribution in [0.3, 0.4) is 0 Å². The Bertz CT molecular complexity index is 656. The van der Waals surface area contributed by atoms with Crippen molar-refractivity contribution in [3.05, 3.63) is 59.2 Å². The van der Waals surface area contributed by atoms with Crippen LogP contribution in [0.1, 0.15) is 5.56 Å². The molecule has 6 heteroatoms. The van der Waals surface area contributed by atoms with Gasteiger partial charge in [0.05, 0.1) is 11.6 Å². The topological polar surface area (TPSA) is 33.0 Å². The van der Waals surface area contributed by atoms with Crippen molar-refractivity contribution in [1.82, 2.24) is 0 Å². The second-order valence-corrected chi connectivity index (χ2v) is 3.56. The van der Waals surface area contributed by atoms with Gasteiger partial charge in [0.1, 0.15) is 5.82 Å². The number of nitriles is 1. The average molecular weight is 267 g/mol. The first-order valence-corrected chi connectivity index (χ1v) is 5.03. The van der Waals surface area contributed by atoms with Crippen LogP contribution in [0.2, 0.25) is 0 Å². The summed E-state index contributed by atoms with van der Waals surface area (Å²) < 4.78 is 57.8. The first kappa shape index (κ1) is 12.9.